The summed E-state index contributed by atoms with van der Waals surface area (Å²) in [7, 11) is 0. The molecule has 3 aromatic carbocycles. The molecule has 3 amide bonds. The number of nitrogens with one attached hydrogen (secondary N) is 1. The second-order valence-corrected chi connectivity index (χ2v) is 10.6. The van der Waals surface area contributed by atoms with E-state index in [0.29, 0.717) is 61.2 Å². The van der Waals surface area contributed by atoms with Crippen LogP contribution in [0.25, 0.3) is 6.08 Å². The van der Waals surface area contributed by atoms with E-state index in [9.17, 15) is 19.6 Å². The first-order valence-electron chi connectivity index (χ1n) is 13.8. The molecule has 0 spiro atoms. The van der Waals surface area contributed by atoms with Crippen molar-refractivity contribution in [2.45, 2.75) is 13.5 Å². The molecule has 0 saturated carbocycles. The summed E-state index contributed by atoms with van der Waals surface area (Å²) in [5.41, 5.74) is 3.38. The van der Waals surface area contributed by atoms with Crippen LogP contribution in [0.3, 0.4) is 0 Å². The summed E-state index contributed by atoms with van der Waals surface area (Å²) >= 11 is 0.780. The standard InChI is InChI=1S/C32H30N4O6S/c1-2-41-28-17-22(11-12-27(28)42-21-24-8-4-3-7-23(24)19-33)18-29-31(38)36(32(39)43-29)20-30(37)34-25-9-5-6-10-26(25)35-13-15-40-16-14-35/h3-12,17-18H,2,13-16,20-21H2,1H3,(H,34,37)/b29-18+. The number of anilines is 2. The number of carbonyl (C=O) groups excluding carboxylic acids is 3. The fourth-order valence-electron chi connectivity index (χ4n) is 4.69. The van der Waals surface area contributed by atoms with Crippen LogP contribution in [-0.4, -0.2) is 61.4 Å². The smallest absolute Gasteiger partial charge is 0.294 e. The van der Waals surface area contributed by atoms with Gasteiger partial charge in [0.1, 0.15) is 13.2 Å². The van der Waals surface area contributed by atoms with Gasteiger partial charge in [0.15, 0.2) is 11.5 Å². The summed E-state index contributed by atoms with van der Waals surface area (Å²) in [6, 6.07) is 22.0. The quantitative estimate of drug-likeness (QED) is 0.320. The van der Waals surface area contributed by atoms with Crippen molar-refractivity contribution in [1.29, 1.82) is 5.26 Å². The first-order chi connectivity index (χ1) is 21.0. The number of ether oxygens (including phenoxy) is 3. The maximum absolute atomic E-state index is 13.2. The zero-order valence-corrected chi connectivity index (χ0v) is 24.4. The average molecular weight is 599 g/mol. The van der Waals surface area contributed by atoms with Gasteiger partial charge >= 0.3 is 0 Å². The fraction of sp³-hybridized carbons (Fsp3) is 0.250. The molecule has 0 aliphatic carbocycles. The van der Waals surface area contributed by atoms with Crippen LogP contribution in [0.4, 0.5) is 16.2 Å². The van der Waals surface area contributed by atoms with E-state index < -0.39 is 23.6 Å². The number of nitrogens with zero attached hydrogens (tertiary/aromatic N) is 3. The molecule has 0 aromatic heterocycles. The first kappa shape index (κ1) is 29.7. The Balaban J connectivity index is 1.26. The summed E-state index contributed by atoms with van der Waals surface area (Å²) in [6.07, 6.45) is 1.59. The van der Waals surface area contributed by atoms with Gasteiger partial charge in [0.25, 0.3) is 11.1 Å². The van der Waals surface area contributed by atoms with Crippen molar-refractivity contribution in [3.63, 3.8) is 0 Å². The van der Waals surface area contributed by atoms with E-state index in [4.69, 9.17) is 14.2 Å². The van der Waals surface area contributed by atoms with Gasteiger partial charge in [-0.15, -0.1) is 0 Å². The minimum Gasteiger partial charge on any atom is -0.490 e. The van der Waals surface area contributed by atoms with Crippen LogP contribution in [0.1, 0.15) is 23.6 Å². The summed E-state index contributed by atoms with van der Waals surface area (Å²) in [6.45, 7) is 4.62. The third-order valence-electron chi connectivity index (χ3n) is 6.79. The van der Waals surface area contributed by atoms with Gasteiger partial charge in [0.2, 0.25) is 5.91 Å². The third kappa shape index (κ3) is 7.17. The minimum atomic E-state index is -0.544. The number of rotatable bonds is 10. The topological polar surface area (TPSA) is 121 Å². The molecule has 0 radical (unpaired) electrons. The lowest BCUT2D eigenvalue weighted by Crippen LogP contribution is -2.38. The van der Waals surface area contributed by atoms with Gasteiger partial charge in [-0.1, -0.05) is 36.4 Å². The molecule has 2 fully saturated rings. The molecule has 2 saturated heterocycles. The number of amides is 3. The largest absolute Gasteiger partial charge is 0.490 e. The van der Waals surface area contributed by atoms with Crippen LogP contribution in [-0.2, 0) is 20.9 Å². The van der Waals surface area contributed by atoms with E-state index in [1.807, 2.05) is 37.3 Å². The van der Waals surface area contributed by atoms with E-state index in [0.717, 1.165) is 27.9 Å². The lowest BCUT2D eigenvalue weighted by Gasteiger charge is -2.30. The molecule has 11 heteroatoms. The van der Waals surface area contributed by atoms with E-state index >= 15 is 0 Å². The number of para-hydroxylation sites is 2. The van der Waals surface area contributed by atoms with Gasteiger partial charge in [-0.3, -0.25) is 19.3 Å². The predicted octanol–water partition coefficient (Wildman–Crippen LogP) is 5.05. The number of benzene rings is 3. The number of thioether (sulfide) groups is 1. The third-order valence-corrected chi connectivity index (χ3v) is 7.70. The highest BCUT2D eigenvalue weighted by Gasteiger charge is 2.36. The van der Waals surface area contributed by atoms with Crippen molar-refractivity contribution in [2.24, 2.45) is 0 Å². The highest BCUT2D eigenvalue weighted by molar-refractivity contribution is 8.18. The number of hydrogen-bond acceptors (Lipinski definition) is 9. The van der Waals surface area contributed by atoms with Crippen molar-refractivity contribution in [1.82, 2.24) is 4.90 Å². The summed E-state index contributed by atoms with van der Waals surface area (Å²) in [4.78, 5) is 42.1. The highest BCUT2D eigenvalue weighted by atomic mass is 32.2. The monoisotopic (exact) mass is 598 g/mol. The molecule has 5 rings (SSSR count). The van der Waals surface area contributed by atoms with Crippen molar-refractivity contribution in [2.75, 3.05) is 49.7 Å². The van der Waals surface area contributed by atoms with E-state index in [2.05, 4.69) is 16.3 Å². The molecule has 0 unspecified atom stereocenters. The Morgan fingerprint density at radius 2 is 1.81 bits per heavy atom. The number of imide groups is 1. The minimum absolute atomic E-state index is 0.182. The van der Waals surface area contributed by atoms with Crippen LogP contribution >= 0.6 is 11.8 Å². The molecule has 220 valence electrons. The van der Waals surface area contributed by atoms with Crippen LogP contribution < -0.4 is 19.7 Å². The Bertz CT molecular complexity index is 1590. The Morgan fingerprint density at radius 3 is 2.60 bits per heavy atom. The van der Waals surface area contributed by atoms with Gasteiger partial charge in [-0.05, 0) is 60.7 Å². The molecular weight excluding hydrogens is 568 g/mol. The molecule has 2 aliphatic heterocycles. The Kier molecular flexibility index (Phi) is 9.61. The molecule has 10 nitrogen and oxygen atoms in total. The van der Waals surface area contributed by atoms with Crippen LogP contribution in [0.2, 0.25) is 0 Å². The van der Waals surface area contributed by atoms with Crippen LogP contribution in [0, 0.1) is 11.3 Å². The number of morpholine rings is 1. The SMILES string of the molecule is CCOc1cc(/C=C2/SC(=O)N(CC(=O)Nc3ccccc3N3CCOCC3)C2=O)ccc1OCc1ccccc1C#N. The summed E-state index contributed by atoms with van der Waals surface area (Å²) < 4.78 is 17.1. The predicted molar refractivity (Wildman–Crippen MR) is 164 cm³/mol. The van der Waals surface area contributed by atoms with Crippen LogP contribution in [0.15, 0.2) is 71.6 Å². The van der Waals surface area contributed by atoms with Gasteiger partial charge in [-0.2, -0.15) is 5.26 Å². The first-order valence-corrected chi connectivity index (χ1v) is 14.6. The molecule has 1 N–H and O–H groups in total. The molecule has 2 aliphatic rings. The zero-order chi connectivity index (χ0) is 30.2. The lowest BCUT2D eigenvalue weighted by molar-refractivity contribution is -0.127. The molecule has 43 heavy (non-hydrogen) atoms. The molecule has 3 aromatic rings. The normalized spacial score (nSPS) is 15.9. The van der Waals surface area contributed by atoms with Crippen LogP contribution in [0.5, 0.6) is 11.5 Å². The number of hydrogen-bond donors (Lipinski definition) is 1. The Morgan fingerprint density at radius 1 is 1.05 bits per heavy atom. The number of nitriles is 1. The van der Waals surface area contributed by atoms with Gasteiger partial charge < -0.3 is 24.4 Å². The Hall–Kier alpha value is -4.79. The van der Waals surface area contributed by atoms with E-state index in [-0.39, 0.29) is 11.5 Å². The summed E-state index contributed by atoms with van der Waals surface area (Å²) in [5.74, 6) is -0.0718. The summed E-state index contributed by atoms with van der Waals surface area (Å²) in [5, 5.41) is 11.7. The second-order valence-electron chi connectivity index (χ2n) is 9.63. The van der Waals surface area contributed by atoms with Crippen molar-refractivity contribution >= 4 is 46.3 Å². The maximum Gasteiger partial charge on any atom is 0.294 e. The van der Waals surface area contributed by atoms with Crippen molar-refractivity contribution in [3.05, 3.63) is 88.3 Å². The number of carbonyl (C=O) groups is 3. The van der Waals surface area contributed by atoms with Gasteiger partial charge in [0.05, 0.1) is 47.7 Å². The van der Waals surface area contributed by atoms with E-state index in [1.165, 1.54) is 0 Å². The van der Waals surface area contributed by atoms with Crippen molar-refractivity contribution in [3.8, 4) is 17.6 Å². The lowest BCUT2D eigenvalue weighted by atomic mass is 10.1. The molecule has 2 heterocycles. The zero-order valence-electron chi connectivity index (χ0n) is 23.6. The van der Waals surface area contributed by atoms with Crippen molar-refractivity contribution < 1.29 is 28.6 Å². The van der Waals surface area contributed by atoms with Gasteiger partial charge in [0, 0.05) is 18.7 Å². The van der Waals surface area contributed by atoms with E-state index in [1.54, 1.807) is 42.5 Å². The highest BCUT2D eigenvalue weighted by Crippen LogP contribution is 2.35. The maximum atomic E-state index is 13.2. The molecule has 0 bridgehead atoms. The van der Waals surface area contributed by atoms with Gasteiger partial charge in [-0.25, -0.2) is 0 Å². The molecule has 0 atom stereocenters. The Labute approximate surface area is 253 Å². The second kappa shape index (κ2) is 13.9. The molecular formula is C32H30N4O6S. The fourth-order valence-corrected chi connectivity index (χ4v) is 5.53. The average Bonchev–Trinajstić information content (AvgIpc) is 3.28.